The van der Waals surface area contributed by atoms with Gasteiger partial charge in [0.05, 0.1) is 16.1 Å². The van der Waals surface area contributed by atoms with Crippen molar-refractivity contribution in [3.8, 4) is 0 Å². The van der Waals surface area contributed by atoms with Crippen LogP contribution in [0.4, 0.5) is 14.5 Å². The van der Waals surface area contributed by atoms with Gasteiger partial charge in [-0.15, -0.1) is 0 Å². The van der Waals surface area contributed by atoms with E-state index in [0.29, 0.717) is 22.2 Å². The van der Waals surface area contributed by atoms with E-state index in [1.165, 1.54) is 24.3 Å². The maximum absolute atomic E-state index is 15.3. The van der Waals surface area contributed by atoms with Gasteiger partial charge in [0.2, 0.25) is 5.82 Å². The summed E-state index contributed by atoms with van der Waals surface area (Å²) in [6, 6.07) is 37.6. The first kappa shape index (κ1) is 25.8. The smallest absolute Gasteiger partial charge is 0.258 e. The number of hydrogen-bond acceptors (Lipinski definition) is 3. The van der Waals surface area contributed by atoms with Crippen molar-refractivity contribution in [2.75, 3.05) is 0 Å². The summed E-state index contributed by atoms with van der Waals surface area (Å²) < 4.78 is 30.6. The third kappa shape index (κ3) is 4.57. The van der Waals surface area contributed by atoms with E-state index in [9.17, 15) is 14.5 Å². The summed E-state index contributed by atoms with van der Waals surface area (Å²) in [5.41, 5.74) is 2.40. The van der Waals surface area contributed by atoms with Crippen LogP contribution in [-0.4, -0.2) is 14.7 Å². The Morgan fingerprint density at radius 1 is 0.707 bits per heavy atom. The van der Waals surface area contributed by atoms with E-state index in [2.05, 4.69) is 0 Å². The van der Waals surface area contributed by atoms with Crippen molar-refractivity contribution in [2.24, 2.45) is 0 Å². The van der Waals surface area contributed by atoms with E-state index < -0.39 is 22.0 Å². The average molecular weight is 544 g/mol. The normalized spacial score (nSPS) is 11.8. The van der Waals surface area contributed by atoms with E-state index in [-0.39, 0.29) is 5.82 Å². The molecule has 0 radical (unpaired) electrons. The lowest BCUT2D eigenvalue weighted by molar-refractivity contribution is -0.387. The topological polar surface area (TPSA) is 61.0 Å². The zero-order chi connectivity index (χ0) is 28.4. The number of hydrogen-bond donors (Lipinski definition) is 0. The second-order valence-corrected chi connectivity index (χ2v) is 9.57. The molecule has 1 aromatic heterocycles. The molecular weight excluding hydrogens is 520 g/mol. The molecule has 0 atom stereocenters. The summed E-state index contributed by atoms with van der Waals surface area (Å²) in [6.07, 6.45) is 3.45. The van der Waals surface area contributed by atoms with E-state index in [4.69, 9.17) is 5.10 Å². The number of nitrogens with zero attached hydrogens (tertiary/aromatic N) is 3. The second-order valence-electron chi connectivity index (χ2n) is 9.57. The van der Waals surface area contributed by atoms with Gasteiger partial charge in [-0.25, -0.2) is 9.07 Å². The summed E-state index contributed by atoms with van der Waals surface area (Å²) in [7, 11) is 0. The molecule has 0 spiro atoms. The Bertz CT molecular complexity index is 1770. The molecule has 0 saturated heterocycles. The maximum Gasteiger partial charge on any atom is 0.305 e. The predicted molar refractivity (Wildman–Crippen MR) is 156 cm³/mol. The monoisotopic (exact) mass is 543 g/mol. The van der Waals surface area contributed by atoms with Crippen LogP contribution in [0, 0.1) is 21.7 Å². The van der Waals surface area contributed by atoms with Crippen molar-refractivity contribution in [3.63, 3.8) is 0 Å². The molecule has 0 aliphatic carbocycles. The number of benzene rings is 5. The fourth-order valence-electron chi connectivity index (χ4n) is 5.32. The van der Waals surface area contributed by atoms with Crippen LogP contribution in [0.1, 0.15) is 27.9 Å². The van der Waals surface area contributed by atoms with Gasteiger partial charge in [0.15, 0.2) is 0 Å². The second kappa shape index (κ2) is 10.6. The van der Waals surface area contributed by atoms with Crippen LogP contribution in [0.15, 0.2) is 127 Å². The molecule has 6 aromatic rings. The molecule has 6 rings (SSSR count). The van der Waals surface area contributed by atoms with Gasteiger partial charge in [-0.1, -0.05) is 109 Å². The Hall–Kier alpha value is -5.43. The van der Waals surface area contributed by atoms with Gasteiger partial charge in [-0.3, -0.25) is 10.1 Å². The van der Waals surface area contributed by atoms with Gasteiger partial charge in [-0.2, -0.15) is 9.49 Å². The Balaban J connectivity index is 1.73. The lowest BCUT2D eigenvalue weighted by atomic mass is 9.77. The summed E-state index contributed by atoms with van der Waals surface area (Å²) in [4.78, 5) is 11.0. The minimum absolute atomic E-state index is 0.360. The highest BCUT2D eigenvalue weighted by Gasteiger charge is 2.41. The highest BCUT2D eigenvalue weighted by atomic mass is 19.1. The quantitative estimate of drug-likeness (QED) is 0.116. The summed E-state index contributed by atoms with van der Waals surface area (Å²) in [5, 5.41) is 17.2. The van der Waals surface area contributed by atoms with Crippen molar-refractivity contribution in [3.05, 3.63) is 177 Å². The van der Waals surface area contributed by atoms with Gasteiger partial charge in [0.25, 0.3) is 0 Å². The molecule has 7 heteroatoms. The number of aromatic nitrogens is 2. The van der Waals surface area contributed by atoms with Gasteiger partial charge in [-0.05, 0) is 40.5 Å². The molecule has 0 fully saturated rings. The standard InChI is InChI=1S/C34H23F2N3O2/c35-28-19-16-24(17-20-28)18-21-31-29-22-33(39(40)41)30(36)23-32(29)38(37-31)34(25-10-4-1-5-11-25,26-12-6-2-7-13-26)27-14-8-3-9-15-27/h1-23H. The van der Waals surface area contributed by atoms with E-state index in [1.807, 2.05) is 91.0 Å². The van der Waals surface area contributed by atoms with Crippen molar-refractivity contribution in [1.29, 1.82) is 0 Å². The number of nitro groups is 1. The molecular formula is C34H23F2N3O2. The predicted octanol–water partition coefficient (Wildman–Crippen LogP) is 8.23. The first-order valence-corrected chi connectivity index (χ1v) is 13.0. The Labute approximate surface area is 234 Å². The number of rotatable bonds is 7. The Morgan fingerprint density at radius 2 is 1.22 bits per heavy atom. The van der Waals surface area contributed by atoms with E-state index >= 15 is 4.39 Å². The molecule has 0 N–H and O–H groups in total. The van der Waals surface area contributed by atoms with Crippen molar-refractivity contribution in [1.82, 2.24) is 9.78 Å². The van der Waals surface area contributed by atoms with Crippen molar-refractivity contribution in [2.45, 2.75) is 5.54 Å². The van der Waals surface area contributed by atoms with Crippen LogP contribution < -0.4 is 0 Å². The van der Waals surface area contributed by atoms with E-state index in [1.54, 1.807) is 29.0 Å². The number of halogens is 2. The van der Waals surface area contributed by atoms with Crippen LogP contribution in [0.25, 0.3) is 23.1 Å². The molecule has 200 valence electrons. The van der Waals surface area contributed by atoms with E-state index in [0.717, 1.165) is 16.7 Å². The van der Waals surface area contributed by atoms with Crippen LogP contribution in [0.3, 0.4) is 0 Å². The van der Waals surface area contributed by atoms with Gasteiger partial charge < -0.3 is 0 Å². The fourth-order valence-corrected chi connectivity index (χ4v) is 5.32. The van der Waals surface area contributed by atoms with Crippen molar-refractivity contribution >= 4 is 28.7 Å². The van der Waals surface area contributed by atoms with Gasteiger partial charge >= 0.3 is 5.69 Å². The molecule has 41 heavy (non-hydrogen) atoms. The molecule has 5 aromatic carbocycles. The molecule has 0 aliphatic rings. The Kier molecular flexibility index (Phi) is 6.69. The molecule has 0 unspecified atom stereocenters. The average Bonchev–Trinajstić information content (AvgIpc) is 3.35. The lowest BCUT2D eigenvalue weighted by Crippen LogP contribution is -2.38. The summed E-state index contributed by atoms with van der Waals surface area (Å²) in [6.45, 7) is 0. The Morgan fingerprint density at radius 3 is 1.71 bits per heavy atom. The van der Waals surface area contributed by atoms with Crippen LogP contribution in [0.5, 0.6) is 0 Å². The third-order valence-electron chi connectivity index (χ3n) is 7.17. The zero-order valence-electron chi connectivity index (χ0n) is 21.7. The molecule has 0 bridgehead atoms. The largest absolute Gasteiger partial charge is 0.305 e. The van der Waals surface area contributed by atoms with Crippen molar-refractivity contribution < 1.29 is 13.7 Å². The van der Waals surface area contributed by atoms with Crippen LogP contribution in [0.2, 0.25) is 0 Å². The first-order chi connectivity index (χ1) is 20.0. The highest BCUT2D eigenvalue weighted by molar-refractivity contribution is 5.92. The van der Waals surface area contributed by atoms with Crippen LogP contribution >= 0.6 is 0 Å². The van der Waals surface area contributed by atoms with Gasteiger partial charge in [0, 0.05) is 17.5 Å². The van der Waals surface area contributed by atoms with Gasteiger partial charge in [0.1, 0.15) is 11.4 Å². The minimum Gasteiger partial charge on any atom is -0.258 e. The molecule has 1 heterocycles. The molecule has 0 amide bonds. The highest BCUT2D eigenvalue weighted by Crippen LogP contribution is 2.43. The number of nitro benzene ring substituents is 1. The molecule has 0 aliphatic heterocycles. The first-order valence-electron chi connectivity index (χ1n) is 13.0. The maximum atomic E-state index is 15.3. The fraction of sp³-hybridized carbons (Fsp3) is 0.0294. The lowest BCUT2D eigenvalue weighted by Gasteiger charge is -2.37. The third-order valence-corrected chi connectivity index (χ3v) is 7.17. The molecule has 5 nitrogen and oxygen atoms in total. The summed E-state index contributed by atoms with van der Waals surface area (Å²) in [5.74, 6) is -1.32. The van der Waals surface area contributed by atoms with Crippen LogP contribution in [-0.2, 0) is 5.54 Å². The zero-order valence-corrected chi connectivity index (χ0v) is 21.7. The molecule has 0 saturated carbocycles. The SMILES string of the molecule is O=[N+]([O-])c1cc2c(C=Cc3ccc(F)cc3)nn(C(c3ccccc3)(c3ccccc3)c3ccccc3)c2cc1F. The number of fused-ring (bicyclic) bond motifs is 1. The summed E-state index contributed by atoms with van der Waals surface area (Å²) >= 11 is 0. The minimum atomic E-state index is -1.06.